The monoisotopic (exact) mass is 444 g/mol. The van der Waals surface area contributed by atoms with Crippen LogP contribution in [0.3, 0.4) is 0 Å². The highest BCUT2D eigenvalue weighted by Gasteiger charge is 2.39. The van der Waals surface area contributed by atoms with Gasteiger partial charge in [-0.1, -0.05) is 18.2 Å². The molecule has 2 aromatic rings. The smallest absolute Gasteiger partial charge is 0.288 e. The first kappa shape index (κ1) is 22.3. The van der Waals surface area contributed by atoms with Crippen molar-refractivity contribution in [3.05, 3.63) is 47.0 Å². The van der Waals surface area contributed by atoms with Crippen LogP contribution in [0.15, 0.2) is 41.5 Å². The van der Waals surface area contributed by atoms with Crippen LogP contribution in [-0.2, 0) is 14.3 Å². The van der Waals surface area contributed by atoms with E-state index in [0.717, 1.165) is 19.5 Å². The molecule has 1 aromatic heterocycles. The minimum absolute atomic E-state index is 0.000542. The minimum atomic E-state index is -0.503. The standard InChI is InChI=1S/C24H32N2O4S/c1-3-29-24-18(8-6-14-27)19(20-16-31-22-9-5-4-7-17(20)22)15-21(30-24)23(28)26-12-10-25(2)11-13-26/h4-5,7,9,15-16,18-19,24,27H,3,6,8,10-14H2,1-2H3/t18-,19-,24+/m0/s1. The van der Waals surface area contributed by atoms with Crippen LogP contribution >= 0.6 is 11.3 Å². The molecule has 1 amide bonds. The number of nitrogens with zero attached hydrogens (tertiary/aromatic N) is 2. The Kier molecular flexibility index (Phi) is 7.27. The van der Waals surface area contributed by atoms with Crippen LogP contribution in [0.25, 0.3) is 10.1 Å². The van der Waals surface area contributed by atoms with E-state index in [1.807, 2.05) is 17.9 Å². The lowest BCUT2D eigenvalue weighted by Crippen LogP contribution is -2.49. The predicted molar refractivity (Wildman–Crippen MR) is 123 cm³/mol. The molecule has 0 saturated carbocycles. The van der Waals surface area contributed by atoms with E-state index >= 15 is 0 Å². The first-order valence-corrected chi connectivity index (χ1v) is 12.0. The second-order valence-corrected chi connectivity index (χ2v) is 9.22. The molecule has 168 valence electrons. The van der Waals surface area contributed by atoms with Crippen LogP contribution in [0.4, 0.5) is 0 Å². The van der Waals surface area contributed by atoms with Crippen molar-refractivity contribution in [1.29, 1.82) is 0 Å². The largest absolute Gasteiger partial charge is 0.459 e. The van der Waals surface area contributed by atoms with Crippen molar-refractivity contribution >= 4 is 27.3 Å². The van der Waals surface area contributed by atoms with Gasteiger partial charge in [0.1, 0.15) is 0 Å². The molecule has 7 heteroatoms. The summed E-state index contributed by atoms with van der Waals surface area (Å²) in [6, 6.07) is 8.38. The summed E-state index contributed by atoms with van der Waals surface area (Å²) < 4.78 is 13.4. The Morgan fingerprint density at radius 2 is 2.03 bits per heavy atom. The van der Waals surface area contributed by atoms with Crippen LogP contribution in [-0.4, -0.2) is 73.5 Å². The zero-order valence-corrected chi connectivity index (χ0v) is 19.1. The molecule has 3 heterocycles. The van der Waals surface area contributed by atoms with Gasteiger partial charge < -0.3 is 24.4 Å². The van der Waals surface area contributed by atoms with E-state index in [-0.39, 0.29) is 24.3 Å². The van der Waals surface area contributed by atoms with Crippen LogP contribution in [0.2, 0.25) is 0 Å². The van der Waals surface area contributed by atoms with E-state index in [1.165, 1.54) is 15.6 Å². The lowest BCUT2D eigenvalue weighted by Gasteiger charge is -2.39. The lowest BCUT2D eigenvalue weighted by atomic mass is 9.80. The maximum atomic E-state index is 13.3. The van der Waals surface area contributed by atoms with E-state index in [1.54, 1.807) is 11.3 Å². The Balaban J connectivity index is 1.70. The number of carbonyl (C=O) groups is 1. The van der Waals surface area contributed by atoms with Gasteiger partial charge in [0.25, 0.3) is 5.91 Å². The first-order chi connectivity index (χ1) is 15.1. The number of ether oxygens (including phenoxy) is 2. The van der Waals surface area contributed by atoms with Gasteiger partial charge in [-0.25, -0.2) is 0 Å². The maximum Gasteiger partial charge on any atom is 0.288 e. The predicted octanol–water partition coefficient (Wildman–Crippen LogP) is 3.42. The number of hydrogen-bond donors (Lipinski definition) is 1. The molecule has 0 bridgehead atoms. The Morgan fingerprint density at radius 1 is 1.26 bits per heavy atom. The van der Waals surface area contributed by atoms with Gasteiger partial charge in [-0.3, -0.25) is 4.79 Å². The van der Waals surface area contributed by atoms with E-state index < -0.39 is 6.29 Å². The van der Waals surface area contributed by atoms with Crippen molar-refractivity contribution in [2.75, 3.05) is 46.4 Å². The van der Waals surface area contributed by atoms with Crippen molar-refractivity contribution in [2.45, 2.75) is 32.0 Å². The number of piperazine rings is 1. The molecule has 0 spiro atoms. The van der Waals surface area contributed by atoms with Crippen molar-refractivity contribution in [1.82, 2.24) is 9.80 Å². The Labute approximate surface area is 188 Å². The molecule has 4 rings (SSSR count). The van der Waals surface area contributed by atoms with Gasteiger partial charge in [0.15, 0.2) is 5.76 Å². The molecule has 0 radical (unpaired) electrons. The molecular formula is C24H32N2O4S. The van der Waals surface area contributed by atoms with Gasteiger partial charge in [0.05, 0.1) is 0 Å². The molecule has 1 aromatic carbocycles. The van der Waals surface area contributed by atoms with Crippen LogP contribution in [0, 0.1) is 5.92 Å². The molecule has 31 heavy (non-hydrogen) atoms. The number of aliphatic hydroxyl groups is 1. The number of thiophene rings is 1. The third-order valence-corrected chi connectivity index (χ3v) is 7.26. The average molecular weight is 445 g/mol. The van der Waals surface area contributed by atoms with Gasteiger partial charge in [-0.05, 0) is 55.3 Å². The van der Waals surface area contributed by atoms with Crippen LogP contribution in [0.1, 0.15) is 31.2 Å². The van der Waals surface area contributed by atoms with Crippen LogP contribution in [0.5, 0.6) is 0 Å². The summed E-state index contributed by atoms with van der Waals surface area (Å²) in [5, 5.41) is 12.9. The SMILES string of the molecule is CCO[C@@H]1OC(C(=O)N2CCN(C)CC2)=C[C@H](c2csc3ccccc23)[C@@H]1CCCO. The zero-order valence-electron chi connectivity index (χ0n) is 18.3. The molecule has 1 N–H and O–H groups in total. The fourth-order valence-corrected chi connectivity index (χ4v) is 5.54. The van der Waals surface area contributed by atoms with Crippen LogP contribution < -0.4 is 0 Å². The molecule has 0 aliphatic carbocycles. The summed E-state index contributed by atoms with van der Waals surface area (Å²) in [5.41, 5.74) is 1.21. The maximum absolute atomic E-state index is 13.3. The summed E-state index contributed by atoms with van der Waals surface area (Å²) in [7, 11) is 2.08. The molecule has 2 aliphatic heterocycles. The number of hydrogen-bond acceptors (Lipinski definition) is 6. The second kappa shape index (κ2) is 10.1. The fourth-order valence-electron chi connectivity index (χ4n) is 4.54. The third kappa shape index (κ3) is 4.80. The fraction of sp³-hybridized carbons (Fsp3) is 0.542. The Bertz CT molecular complexity index is 919. The van der Waals surface area contributed by atoms with Crippen molar-refractivity contribution < 1.29 is 19.4 Å². The number of carbonyl (C=O) groups excluding carboxylic acids is 1. The minimum Gasteiger partial charge on any atom is -0.459 e. The summed E-state index contributed by atoms with van der Waals surface area (Å²) >= 11 is 1.72. The van der Waals surface area contributed by atoms with Gasteiger partial charge in [-0.15, -0.1) is 11.3 Å². The van der Waals surface area contributed by atoms with Crippen molar-refractivity contribution in [3.63, 3.8) is 0 Å². The zero-order chi connectivity index (χ0) is 21.8. The van der Waals surface area contributed by atoms with E-state index in [4.69, 9.17) is 9.47 Å². The summed E-state index contributed by atoms with van der Waals surface area (Å²) in [5.74, 6) is 0.375. The van der Waals surface area contributed by atoms with Crippen molar-refractivity contribution in [2.24, 2.45) is 5.92 Å². The van der Waals surface area contributed by atoms with Crippen molar-refractivity contribution in [3.8, 4) is 0 Å². The average Bonchev–Trinajstić information content (AvgIpc) is 3.22. The quantitative estimate of drug-likeness (QED) is 0.709. The van der Waals surface area contributed by atoms with Gasteiger partial charge >= 0.3 is 0 Å². The second-order valence-electron chi connectivity index (χ2n) is 8.31. The van der Waals surface area contributed by atoms with E-state index in [2.05, 4.69) is 41.6 Å². The number of likely N-dealkylation sites (N-methyl/N-ethyl adjacent to an activating group) is 1. The molecular weight excluding hydrogens is 412 g/mol. The molecule has 2 aliphatic rings. The number of allylic oxidation sites excluding steroid dienone is 1. The number of rotatable bonds is 7. The number of benzene rings is 1. The number of amides is 1. The Hall–Kier alpha value is -1.93. The summed E-state index contributed by atoms with van der Waals surface area (Å²) in [4.78, 5) is 17.4. The van der Waals surface area contributed by atoms with E-state index in [0.29, 0.717) is 31.9 Å². The van der Waals surface area contributed by atoms with Gasteiger partial charge in [-0.2, -0.15) is 0 Å². The normalized spacial score (nSPS) is 24.8. The van der Waals surface area contributed by atoms with E-state index in [9.17, 15) is 9.90 Å². The van der Waals surface area contributed by atoms with Gasteiger partial charge in [0, 0.05) is 55.9 Å². The molecule has 6 nitrogen and oxygen atoms in total. The molecule has 3 atom stereocenters. The molecule has 1 saturated heterocycles. The Morgan fingerprint density at radius 3 is 2.77 bits per heavy atom. The summed E-state index contributed by atoms with van der Waals surface area (Å²) in [6.07, 6.45) is 2.94. The highest BCUT2D eigenvalue weighted by atomic mass is 32.1. The topological polar surface area (TPSA) is 62.2 Å². The summed E-state index contributed by atoms with van der Waals surface area (Å²) in [6.45, 7) is 5.72. The molecule has 1 fully saturated rings. The third-order valence-electron chi connectivity index (χ3n) is 6.28. The lowest BCUT2D eigenvalue weighted by molar-refractivity contribution is -0.170. The highest BCUT2D eigenvalue weighted by Crippen LogP contribution is 2.43. The van der Waals surface area contributed by atoms with Gasteiger partial charge in [0.2, 0.25) is 6.29 Å². The number of aliphatic hydroxyl groups excluding tert-OH is 1. The first-order valence-electron chi connectivity index (χ1n) is 11.2. The highest BCUT2D eigenvalue weighted by molar-refractivity contribution is 7.17. The number of fused-ring (bicyclic) bond motifs is 1. The molecule has 0 unspecified atom stereocenters.